The quantitative estimate of drug-likeness (QED) is 0.688. The molecule has 2 aromatic rings. The van der Waals surface area contributed by atoms with Crippen LogP contribution in [0, 0.1) is 12.7 Å². The molecule has 0 saturated carbocycles. The summed E-state index contributed by atoms with van der Waals surface area (Å²) in [6.45, 7) is 2.23. The molecular formula is C15H13BrClFO. The second-order valence-corrected chi connectivity index (χ2v) is 5.23. The van der Waals surface area contributed by atoms with Gasteiger partial charge in [0.1, 0.15) is 18.2 Å². The highest BCUT2D eigenvalue weighted by Crippen LogP contribution is 2.27. The SMILES string of the molecule is Cc1cc(F)ccc1COc1ccc(CBr)cc1Cl. The molecule has 0 N–H and O–H groups in total. The van der Waals surface area contributed by atoms with Gasteiger partial charge in [0.05, 0.1) is 5.02 Å². The van der Waals surface area contributed by atoms with Crippen molar-refractivity contribution < 1.29 is 9.13 Å². The lowest BCUT2D eigenvalue weighted by atomic mass is 10.1. The van der Waals surface area contributed by atoms with Gasteiger partial charge < -0.3 is 4.74 Å². The molecule has 2 rings (SSSR count). The lowest BCUT2D eigenvalue weighted by Crippen LogP contribution is -1.99. The monoisotopic (exact) mass is 342 g/mol. The second-order valence-electron chi connectivity index (χ2n) is 4.26. The van der Waals surface area contributed by atoms with Gasteiger partial charge in [-0.05, 0) is 47.9 Å². The van der Waals surface area contributed by atoms with Gasteiger partial charge in [-0.2, -0.15) is 0 Å². The fourth-order valence-electron chi connectivity index (χ4n) is 1.72. The van der Waals surface area contributed by atoms with Crippen molar-refractivity contribution in [3.63, 3.8) is 0 Å². The molecule has 0 fully saturated rings. The molecule has 0 atom stereocenters. The Morgan fingerprint density at radius 3 is 2.63 bits per heavy atom. The standard InChI is InChI=1S/C15H13BrClFO/c1-10-6-13(18)4-3-12(10)9-19-15-5-2-11(8-16)7-14(15)17/h2-7H,8-9H2,1H3. The van der Waals surface area contributed by atoms with E-state index >= 15 is 0 Å². The molecule has 4 heteroatoms. The predicted octanol–water partition coefficient (Wildman–Crippen LogP) is 5.26. The Kier molecular flexibility index (Phi) is 4.83. The second kappa shape index (κ2) is 6.40. The summed E-state index contributed by atoms with van der Waals surface area (Å²) in [7, 11) is 0. The van der Waals surface area contributed by atoms with Crippen LogP contribution in [-0.2, 0) is 11.9 Å². The first-order valence-electron chi connectivity index (χ1n) is 5.82. The molecule has 0 aromatic heterocycles. The Balaban J connectivity index is 2.10. The molecule has 0 aliphatic heterocycles. The van der Waals surface area contributed by atoms with Crippen LogP contribution in [-0.4, -0.2) is 0 Å². The summed E-state index contributed by atoms with van der Waals surface area (Å²) in [6.07, 6.45) is 0. The molecule has 0 saturated heterocycles. The van der Waals surface area contributed by atoms with E-state index in [9.17, 15) is 4.39 Å². The molecule has 0 spiro atoms. The molecule has 2 aromatic carbocycles. The van der Waals surface area contributed by atoms with Gasteiger partial charge >= 0.3 is 0 Å². The zero-order valence-electron chi connectivity index (χ0n) is 10.4. The number of halogens is 3. The van der Waals surface area contributed by atoms with Gasteiger partial charge in [0, 0.05) is 5.33 Å². The van der Waals surface area contributed by atoms with Crippen molar-refractivity contribution in [2.24, 2.45) is 0 Å². The first-order valence-corrected chi connectivity index (χ1v) is 7.32. The topological polar surface area (TPSA) is 9.23 Å². The highest BCUT2D eigenvalue weighted by atomic mass is 79.9. The van der Waals surface area contributed by atoms with Crippen LogP contribution in [0.25, 0.3) is 0 Å². The maximum atomic E-state index is 13.0. The molecule has 0 aliphatic carbocycles. The minimum Gasteiger partial charge on any atom is -0.487 e. The summed E-state index contributed by atoms with van der Waals surface area (Å²) in [4.78, 5) is 0. The smallest absolute Gasteiger partial charge is 0.138 e. The lowest BCUT2D eigenvalue weighted by molar-refractivity contribution is 0.305. The summed E-state index contributed by atoms with van der Waals surface area (Å²) in [5.41, 5.74) is 2.91. The van der Waals surface area contributed by atoms with E-state index in [4.69, 9.17) is 16.3 Å². The highest BCUT2D eigenvalue weighted by molar-refractivity contribution is 9.08. The van der Waals surface area contributed by atoms with Gasteiger partial charge in [-0.25, -0.2) is 4.39 Å². The summed E-state index contributed by atoms with van der Waals surface area (Å²) >= 11 is 9.51. The fraction of sp³-hybridized carbons (Fsp3) is 0.200. The molecule has 0 aliphatic rings. The molecule has 0 radical (unpaired) electrons. The highest BCUT2D eigenvalue weighted by Gasteiger charge is 2.05. The number of alkyl halides is 1. The van der Waals surface area contributed by atoms with Crippen LogP contribution in [0.2, 0.25) is 5.02 Å². The Bertz CT molecular complexity index is 586. The average molecular weight is 344 g/mol. The van der Waals surface area contributed by atoms with Crippen molar-refractivity contribution >= 4 is 27.5 Å². The molecule has 0 bridgehead atoms. The van der Waals surface area contributed by atoms with E-state index in [0.29, 0.717) is 17.4 Å². The summed E-state index contributed by atoms with van der Waals surface area (Å²) in [6, 6.07) is 10.3. The first kappa shape index (κ1) is 14.4. The van der Waals surface area contributed by atoms with Crippen molar-refractivity contribution in [2.75, 3.05) is 0 Å². The number of hydrogen-bond donors (Lipinski definition) is 0. The zero-order chi connectivity index (χ0) is 13.8. The van der Waals surface area contributed by atoms with Gasteiger partial charge in [-0.1, -0.05) is 39.7 Å². The van der Waals surface area contributed by atoms with Gasteiger partial charge in [0.2, 0.25) is 0 Å². The van der Waals surface area contributed by atoms with Crippen LogP contribution in [0.15, 0.2) is 36.4 Å². The molecule has 0 unspecified atom stereocenters. The van der Waals surface area contributed by atoms with E-state index in [1.165, 1.54) is 12.1 Å². The third kappa shape index (κ3) is 3.71. The molecule has 100 valence electrons. The molecule has 1 nitrogen and oxygen atoms in total. The van der Waals surface area contributed by atoms with Crippen LogP contribution in [0.5, 0.6) is 5.75 Å². The maximum Gasteiger partial charge on any atom is 0.138 e. The first-order chi connectivity index (χ1) is 9.10. The fourth-order valence-corrected chi connectivity index (χ4v) is 2.33. The Hall–Kier alpha value is -1.06. The zero-order valence-corrected chi connectivity index (χ0v) is 12.8. The van der Waals surface area contributed by atoms with Crippen LogP contribution >= 0.6 is 27.5 Å². The van der Waals surface area contributed by atoms with Crippen molar-refractivity contribution in [3.05, 3.63) is 63.9 Å². The number of benzene rings is 2. The van der Waals surface area contributed by atoms with E-state index < -0.39 is 0 Å². The van der Waals surface area contributed by atoms with E-state index in [1.807, 2.05) is 25.1 Å². The van der Waals surface area contributed by atoms with Gasteiger partial charge in [-0.3, -0.25) is 0 Å². The number of ether oxygens (including phenoxy) is 1. The molecule has 19 heavy (non-hydrogen) atoms. The summed E-state index contributed by atoms with van der Waals surface area (Å²) in [5, 5.41) is 1.33. The van der Waals surface area contributed by atoms with E-state index in [0.717, 1.165) is 22.0 Å². The average Bonchev–Trinajstić information content (AvgIpc) is 2.39. The van der Waals surface area contributed by atoms with Crippen LogP contribution in [0.3, 0.4) is 0 Å². The van der Waals surface area contributed by atoms with Crippen LogP contribution in [0.4, 0.5) is 4.39 Å². The normalized spacial score (nSPS) is 10.5. The maximum absolute atomic E-state index is 13.0. The van der Waals surface area contributed by atoms with Crippen molar-refractivity contribution in [2.45, 2.75) is 18.9 Å². The Morgan fingerprint density at radius 1 is 1.21 bits per heavy atom. The van der Waals surface area contributed by atoms with Crippen molar-refractivity contribution in [3.8, 4) is 5.75 Å². The largest absolute Gasteiger partial charge is 0.487 e. The molecular weight excluding hydrogens is 331 g/mol. The van der Waals surface area contributed by atoms with E-state index in [1.54, 1.807) is 6.07 Å². The Labute approximate surface area is 125 Å². The lowest BCUT2D eigenvalue weighted by Gasteiger charge is -2.10. The van der Waals surface area contributed by atoms with E-state index in [-0.39, 0.29) is 5.82 Å². The van der Waals surface area contributed by atoms with E-state index in [2.05, 4.69) is 15.9 Å². The number of hydrogen-bond acceptors (Lipinski definition) is 1. The van der Waals surface area contributed by atoms with Crippen molar-refractivity contribution in [1.29, 1.82) is 0 Å². The predicted molar refractivity (Wildman–Crippen MR) is 79.6 cm³/mol. The minimum absolute atomic E-state index is 0.235. The van der Waals surface area contributed by atoms with Gasteiger partial charge in [0.15, 0.2) is 0 Å². The molecule has 0 heterocycles. The number of rotatable bonds is 4. The summed E-state index contributed by atoms with van der Waals surface area (Å²) < 4.78 is 18.7. The summed E-state index contributed by atoms with van der Waals surface area (Å²) in [5.74, 6) is 0.399. The molecule has 0 amide bonds. The minimum atomic E-state index is -0.235. The van der Waals surface area contributed by atoms with Gasteiger partial charge in [0.25, 0.3) is 0 Å². The van der Waals surface area contributed by atoms with Gasteiger partial charge in [-0.15, -0.1) is 0 Å². The Morgan fingerprint density at radius 2 is 2.00 bits per heavy atom. The van der Waals surface area contributed by atoms with Crippen LogP contribution in [0.1, 0.15) is 16.7 Å². The van der Waals surface area contributed by atoms with Crippen molar-refractivity contribution in [1.82, 2.24) is 0 Å². The van der Waals surface area contributed by atoms with Crippen LogP contribution < -0.4 is 4.74 Å². The third-order valence-electron chi connectivity index (χ3n) is 2.84. The third-order valence-corrected chi connectivity index (χ3v) is 3.78. The number of aryl methyl sites for hydroxylation is 1.